The zero-order valence-electron chi connectivity index (χ0n) is 9.88. The van der Waals surface area contributed by atoms with E-state index in [1.165, 1.54) is 0 Å². The lowest BCUT2D eigenvalue weighted by atomic mass is 10.3. The highest BCUT2D eigenvalue weighted by molar-refractivity contribution is 7.99. The van der Waals surface area contributed by atoms with E-state index in [1.807, 2.05) is 36.4 Å². The van der Waals surface area contributed by atoms with Crippen molar-refractivity contribution in [1.29, 1.82) is 0 Å². The van der Waals surface area contributed by atoms with Crippen molar-refractivity contribution in [1.82, 2.24) is 0 Å². The fourth-order valence-corrected chi connectivity index (χ4v) is 2.33. The predicted molar refractivity (Wildman–Crippen MR) is 75.1 cm³/mol. The summed E-state index contributed by atoms with van der Waals surface area (Å²) in [5.41, 5.74) is 0. The van der Waals surface area contributed by atoms with Crippen LogP contribution < -0.4 is 4.74 Å². The van der Waals surface area contributed by atoms with E-state index in [9.17, 15) is 4.79 Å². The first-order valence-electron chi connectivity index (χ1n) is 5.51. The molecular weight excluding hydrogens is 284 g/mol. The Morgan fingerprint density at radius 3 is 2.11 bits per heavy atom. The van der Waals surface area contributed by atoms with Crippen molar-refractivity contribution in [2.24, 2.45) is 0 Å². The molecule has 0 fully saturated rings. The number of rotatable bonds is 5. The number of benzene rings is 2. The van der Waals surface area contributed by atoms with Gasteiger partial charge in [-0.25, -0.2) is 4.79 Å². The second-order valence-corrected chi connectivity index (χ2v) is 5.29. The highest BCUT2D eigenvalue weighted by Gasteiger charge is 2.01. The Kier molecular flexibility index (Phi) is 4.71. The molecule has 0 unspecified atom stereocenters. The Bertz CT molecular complexity index is 552. The smallest absolute Gasteiger partial charge is 0.341 e. The lowest BCUT2D eigenvalue weighted by molar-refractivity contribution is -0.139. The van der Waals surface area contributed by atoms with Crippen molar-refractivity contribution >= 4 is 29.3 Å². The first-order valence-corrected chi connectivity index (χ1v) is 6.71. The van der Waals surface area contributed by atoms with Crippen LogP contribution in [0.2, 0.25) is 5.02 Å². The molecule has 0 saturated heterocycles. The molecule has 0 aromatic heterocycles. The second kappa shape index (κ2) is 6.50. The summed E-state index contributed by atoms with van der Waals surface area (Å²) in [6.45, 7) is -0.330. The molecule has 3 nitrogen and oxygen atoms in total. The van der Waals surface area contributed by atoms with Crippen LogP contribution in [0.5, 0.6) is 5.75 Å². The highest BCUT2D eigenvalue weighted by Crippen LogP contribution is 2.29. The van der Waals surface area contributed by atoms with Gasteiger partial charge >= 0.3 is 5.97 Å². The number of ether oxygens (including phenoxy) is 1. The topological polar surface area (TPSA) is 46.5 Å². The molecule has 0 amide bonds. The van der Waals surface area contributed by atoms with Gasteiger partial charge in [0, 0.05) is 14.8 Å². The van der Waals surface area contributed by atoms with Crippen LogP contribution in [0.25, 0.3) is 0 Å². The summed E-state index contributed by atoms with van der Waals surface area (Å²) < 4.78 is 5.06. The van der Waals surface area contributed by atoms with Crippen LogP contribution in [-0.4, -0.2) is 17.7 Å². The summed E-state index contributed by atoms with van der Waals surface area (Å²) in [6.07, 6.45) is 0. The Labute approximate surface area is 120 Å². The van der Waals surface area contributed by atoms with Crippen LogP contribution in [0, 0.1) is 0 Å². The number of hydrogen-bond donors (Lipinski definition) is 1. The summed E-state index contributed by atoms with van der Waals surface area (Å²) in [4.78, 5) is 12.5. The van der Waals surface area contributed by atoms with Crippen LogP contribution in [0.3, 0.4) is 0 Å². The van der Waals surface area contributed by atoms with Crippen LogP contribution in [0.4, 0.5) is 0 Å². The monoisotopic (exact) mass is 294 g/mol. The minimum Gasteiger partial charge on any atom is -0.482 e. The Hall–Kier alpha value is -1.65. The molecule has 0 aliphatic heterocycles. The summed E-state index contributed by atoms with van der Waals surface area (Å²) in [6, 6.07) is 14.8. The number of carboxylic acid groups (broad SMARTS) is 1. The van der Waals surface area contributed by atoms with Gasteiger partial charge in [0.2, 0.25) is 0 Å². The van der Waals surface area contributed by atoms with E-state index in [4.69, 9.17) is 21.4 Å². The third-order valence-electron chi connectivity index (χ3n) is 2.24. The molecule has 2 rings (SSSR count). The van der Waals surface area contributed by atoms with E-state index < -0.39 is 5.97 Å². The van der Waals surface area contributed by atoms with Gasteiger partial charge in [-0.2, -0.15) is 0 Å². The number of hydrogen-bond acceptors (Lipinski definition) is 3. The fraction of sp³-hybridized carbons (Fsp3) is 0.0714. The predicted octanol–water partition coefficient (Wildman–Crippen LogP) is 3.95. The van der Waals surface area contributed by atoms with Gasteiger partial charge in [-0.3, -0.25) is 0 Å². The molecule has 19 heavy (non-hydrogen) atoms. The molecular formula is C14H11ClO3S. The highest BCUT2D eigenvalue weighted by atomic mass is 35.5. The minimum atomic E-state index is -0.986. The van der Waals surface area contributed by atoms with Gasteiger partial charge < -0.3 is 9.84 Å². The minimum absolute atomic E-state index is 0.330. The van der Waals surface area contributed by atoms with Gasteiger partial charge in [0.15, 0.2) is 6.61 Å². The third-order valence-corrected chi connectivity index (χ3v) is 3.50. The molecule has 0 bridgehead atoms. The maximum absolute atomic E-state index is 10.4. The van der Waals surface area contributed by atoms with E-state index in [1.54, 1.807) is 23.9 Å². The van der Waals surface area contributed by atoms with Gasteiger partial charge in [0.1, 0.15) is 5.75 Å². The molecule has 98 valence electrons. The van der Waals surface area contributed by atoms with Crippen molar-refractivity contribution in [3.8, 4) is 5.75 Å². The number of aliphatic carboxylic acids is 1. The maximum atomic E-state index is 10.4. The van der Waals surface area contributed by atoms with Crippen molar-refractivity contribution in [3.63, 3.8) is 0 Å². The van der Waals surface area contributed by atoms with Crippen molar-refractivity contribution in [3.05, 3.63) is 53.6 Å². The molecule has 2 aromatic carbocycles. The third kappa shape index (κ3) is 4.50. The number of carboxylic acids is 1. The molecule has 0 radical (unpaired) electrons. The fourth-order valence-electron chi connectivity index (χ4n) is 1.39. The molecule has 0 atom stereocenters. The molecule has 0 saturated carbocycles. The van der Waals surface area contributed by atoms with Crippen LogP contribution in [0.1, 0.15) is 0 Å². The Morgan fingerprint density at radius 1 is 1.05 bits per heavy atom. The average Bonchev–Trinajstić information content (AvgIpc) is 2.40. The van der Waals surface area contributed by atoms with Gasteiger partial charge in [-0.15, -0.1) is 0 Å². The first-order chi connectivity index (χ1) is 9.13. The van der Waals surface area contributed by atoms with Crippen molar-refractivity contribution in [2.75, 3.05) is 6.61 Å². The summed E-state index contributed by atoms with van der Waals surface area (Å²) >= 11 is 7.42. The van der Waals surface area contributed by atoms with Gasteiger partial charge in [-0.05, 0) is 48.5 Å². The Balaban J connectivity index is 1.98. The van der Waals surface area contributed by atoms with Crippen molar-refractivity contribution in [2.45, 2.75) is 9.79 Å². The van der Waals surface area contributed by atoms with Gasteiger partial charge in [0.25, 0.3) is 0 Å². The first kappa shape index (κ1) is 13.8. The molecule has 0 aliphatic rings. The molecule has 1 N–H and O–H groups in total. The van der Waals surface area contributed by atoms with Crippen molar-refractivity contribution < 1.29 is 14.6 Å². The van der Waals surface area contributed by atoms with E-state index >= 15 is 0 Å². The standard InChI is InChI=1S/C14H11ClO3S/c15-10-1-5-12(6-2-10)19-13-7-3-11(4-8-13)18-9-14(16)17/h1-8H,9H2,(H,16,17). The summed E-state index contributed by atoms with van der Waals surface area (Å²) in [7, 11) is 0. The Morgan fingerprint density at radius 2 is 1.58 bits per heavy atom. The van der Waals surface area contributed by atoms with Gasteiger partial charge in [0.05, 0.1) is 0 Å². The van der Waals surface area contributed by atoms with Crippen LogP contribution in [-0.2, 0) is 4.79 Å². The lowest BCUT2D eigenvalue weighted by Crippen LogP contribution is -2.09. The van der Waals surface area contributed by atoms with Gasteiger partial charge in [-0.1, -0.05) is 23.4 Å². The molecule has 2 aromatic rings. The summed E-state index contributed by atoms with van der Waals surface area (Å²) in [5, 5.41) is 9.22. The molecule has 5 heteroatoms. The largest absolute Gasteiger partial charge is 0.482 e. The zero-order chi connectivity index (χ0) is 13.7. The summed E-state index contributed by atoms with van der Waals surface area (Å²) in [5.74, 6) is -0.442. The van der Waals surface area contributed by atoms with Crippen LogP contribution >= 0.6 is 23.4 Å². The molecule has 0 aliphatic carbocycles. The van der Waals surface area contributed by atoms with E-state index in [-0.39, 0.29) is 6.61 Å². The quantitative estimate of drug-likeness (QED) is 0.907. The normalized spacial score (nSPS) is 10.2. The van der Waals surface area contributed by atoms with E-state index in [0.717, 1.165) is 9.79 Å². The van der Waals surface area contributed by atoms with E-state index in [0.29, 0.717) is 10.8 Å². The average molecular weight is 295 g/mol. The number of carbonyl (C=O) groups is 1. The lowest BCUT2D eigenvalue weighted by Gasteiger charge is -2.05. The second-order valence-electron chi connectivity index (χ2n) is 3.71. The van der Waals surface area contributed by atoms with E-state index in [2.05, 4.69) is 0 Å². The maximum Gasteiger partial charge on any atom is 0.341 e. The van der Waals surface area contributed by atoms with Crippen LogP contribution in [0.15, 0.2) is 58.3 Å². The zero-order valence-corrected chi connectivity index (χ0v) is 11.4. The molecule has 0 heterocycles. The SMILES string of the molecule is O=C(O)COc1ccc(Sc2ccc(Cl)cc2)cc1. The number of halogens is 1. The molecule has 0 spiro atoms.